The molecule has 6 rings (SSSR count). The van der Waals surface area contributed by atoms with Crippen molar-refractivity contribution in [2.75, 3.05) is 18.4 Å². The minimum absolute atomic E-state index is 0.0454. The molecule has 1 amide bonds. The highest BCUT2D eigenvalue weighted by molar-refractivity contribution is 5.94. The Morgan fingerprint density at radius 1 is 1.06 bits per heavy atom. The lowest BCUT2D eigenvalue weighted by molar-refractivity contribution is 0.0702. The third kappa shape index (κ3) is 3.23. The van der Waals surface area contributed by atoms with Crippen molar-refractivity contribution in [1.82, 2.24) is 25.4 Å². The fraction of sp³-hybridized carbons (Fsp3) is 0.240. The summed E-state index contributed by atoms with van der Waals surface area (Å²) in [6.07, 6.45) is 3.27. The Balaban J connectivity index is 1.33. The van der Waals surface area contributed by atoms with E-state index in [1.807, 2.05) is 53.4 Å². The number of nitriles is 1. The number of likely N-dealkylation sites (tertiary alicyclic amines) is 1. The van der Waals surface area contributed by atoms with Crippen molar-refractivity contribution in [2.24, 2.45) is 5.92 Å². The molecule has 2 aromatic carbocycles. The number of aromatic amines is 1. The van der Waals surface area contributed by atoms with E-state index in [1.165, 1.54) is 0 Å². The average molecular weight is 451 g/mol. The first-order valence-electron chi connectivity index (χ1n) is 11.2. The molecule has 1 saturated heterocycles. The van der Waals surface area contributed by atoms with Crippen LogP contribution in [0.5, 0.6) is 0 Å². The molecule has 0 radical (unpaired) electrons. The summed E-state index contributed by atoms with van der Waals surface area (Å²) in [5.41, 5.74) is 5.23. The van der Waals surface area contributed by atoms with Gasteiger partial charge in [-0.2, -0.15) is 10.4 Å². The maximum Gasteiger partial charge on any atom is 0.253 e. The number of carbonyl (C=O) groups excluding carboxylic acids is 1. The molecule has 0 spiro atoms. The predicted molar refractivity (Wildman–Crippen MR) is 124 cm³/mol. The number of benzene rings is 2. The molecule has 4 aromatic rings. The number of anilines is 1. The number of rotatable bonds is 3. The van der Waals surface area contributed by atoms with Crippen molar-refractivity contribution >= 4 is 22.8 Å². The van der Waals surface area contributed by atoms with Crippen molar-refractivity contribution in [3.05, 3.63) is 82.7 Å². The van der Waals surface area contributed by atoms with E-state index in [-0.39, 0.29) is 17.7 Å². The zero-order valence-electron chi connectivity index (χ0n) is 18.2. The lowest BCUT2D eigenvalue weighted by Gasteiger charge is -2.36. The van der Waals surface area contributed by atoms with E-state index in [9.17, 15) is 10.1 Å². The van der Waals surface area contributed by atoms with Gasteiger partial charge in [-0.25, -0.2) is 4.63 Å². The second kappa shape index (κ2) is 8.15. The molecule has 9 heteroatoms. The van der Waals surface area contributed by atoms with Gasteiger partial charge in [0.05, 0.1) is 23.8 Å². The number of nitrogens with one attached hydrogen (secondary N) is 2. The molecule has 0 bridgehead atoms. The number of hydrogen-bond donors (Lipinski definition) is 2. The van der Waals surface area contributed by atoms with Crippen LogP contribution in [-0.4, -0.2) is 44.4 Å². The SMILES string of the molecule is N#CC1=C(C2CCN(C(=O)c3ccccc3)CC2)Nc2[nH]ncc2C1c1cccc2nonc12. The lowest BCUT2D eigenvalue weighted by Crippen LogP contribution is -2.40. The van der Waals surface area contributed by atoms with Gasteiger partial charge >= 0.3 is 0 Å². The molecular formula is C25H21N7O2. The van der Waals surface area contributed by atoms with Crippen LogP contribution in [0.15, 0.2) is 70.6 Å². The Labute approximate surface area is 195 Å². The Morgan fingerprint density at radius 2 is 1.88 bits per heavy atom. The Kier molecular flexibility index (Phi) is 4.84. The minimum Gasteiger partial charge on any atom is -0.343 e. The highest BCUT2D eigenvalue weighted by Gasteiger charge is 2.37. The average Bonchev–Trinajstić information content (AvgIpc) is 3.57. The second-order valence-electron chi connectivity index (χ2n) is 8.61. The van der Waals surface area contributed by atoms with Crippen LogP contribution in [-0.2, 0) is 0 Å². The highest BCUT2D eigenvalue weighted by atomic mass is 16.6. The van der Waals surface area contributed by atoms with Gasteiger partial charge in [0.2, 0.25) is 0 Å². The molecule has 2 N–H and O–H groups in total. The number of aromatic nitrogens is 4. The van der Waals surface area contributed by atoms with E-state index in [1.54, 1.807) is 6.20 Å². The lowest BCUT2D eigenvalue weighted by atomic mass is 9.78. The molecule has 168 valence electrons. The van der Waals surface area contributed by atoms with Crippen LogP contribution in [0.1, 0.15) is 40.2 Å². The monoisotopic (exact) mass is 451 g/mol. The summed E-state index contributed by atoms with van der Waals surface area (Å²) in [6, 6.07) is 17.5. The zero-order chi connectivity index (χ0) is 23.1. The molecule has 1 atom stereocenters. The fourth-order valence-corrected chi connectivity index (χ4v) is 5.09. The van der Waals surface area contributed by atoms with E-state index in [0.29, 0.717) is 35.3 Å². The molecule has 0 aliphatic carbocycles. The third-order valence-electron chi connectivity index (χ3n) is 6.78. The quantitative estimate of drug-likeness (QED) is 0.485. The Bertz CT molecular complexity index is 1440. The van der Waals surface area contributed by atoms with Crippen molar-refractivity contribution in [2.45, 2.75) is 18.8 Å². The minimum atomic E-state index is -0.338. The number of amides is 1. The van der Waals surface area contributed by atoms with E-state index < -0.39 is 0 Å². The van der Waals surface area contributed by atoms with Crippen molar-refractivity contribution in [3.63, 3.8) is 0 Å². The molecule has 2 aliphatic heterocycles. The molecular weight excluding hydrogens is 430 g/mol. The fourth-order valence-electron chi connectivity index (χ4n) is 5.09. The van der Waals surface area contributed by atoms with Gasteiger partial charge in [-0.05, 0) is 46.9 Å². The van der Waals surface area contributed by atoms with E-state index in [4.69, 9.17) is 4.63 Å². The van der Waals surface area contributed by atoms with Gasteiger partial charge in [-0.1, -0.05) is 30.3 Å². The van der Waals surface area contributed by atoms with Crippen LogP contribution < -0.4 is 5.32 Å². The van der Waals surface area contributed by atoms with Gasteiger partial charge in [0.15, 0.2) is 0 Å². The smallest absolute Gasteiger partial charge is 0.253 e. The van der Waals surface area contributed by atoms with Gasteiger partial charge in [0.1, 0.15) is 16.9 Å². The Hall–Kier alpha value is -4.45. The molecule has 1 unspecified atom stereocenters. The first-order valence-corrected chi connectivity index (χ1v) is 11.2. The number of hydrogen-bond acceptors (Lipinski definition) is 7. The normalized spacial score (nSPS) is 18.4. The van der Waals surface area contributed by atoms with Gasteiger partial charge < -0.3 is 10.2 Å². The van der Waals surface area contributed by atoms with Gasteiger partial charge in [-0.15, -0.1) is 0 Å². The number of H-pyrrole nitrogens is 1. The number of fused-ring (bicyclic) bond motifs is 2. The van der Waals surface area contributed by atoms with Crippen LogP contribution >= 0.6 is 0 Å². The summed E-state index contributed by atoms with van der Waals surface area (Å²) >= 11 is 0. The molecule has 9 nitrogen and oxygen atoms in total. The highest BCUT2D eigenvalue weighted by Crippen LogP contribution is 2.45. The molecule has 34 heavy (non-hydrogen) atoms. The number of piperidine rings is 1. The summed E-state index contributed by atoms with van der Waals surface area (Å²) in [4.78, 5) is 14.8. The first kappa shape index (κ1) is 20.2. The summed E-state index contributed by atoms with van der Waals surface area (Å²) in [5, 5.41) is 29.1. The number of allylic oxidation sites excluding steroid dienone is 2. The van der Waals surface area contributed by atoms with Crippen molar-refractivity contribution < 1.29 is 9.42 Å². The van der Waals surface area contributed by atoms with Gasteiger partial charge in [0, 0.05) is 35.8 Å². The number of carbonyl (C=O) groups is 1. The molecule has 1 fully saturated rings. The van der Waals surface area contributed by atoms with Crippen LogP contribution in [0.4, 0.5) is 5.82 Å². The number of nitrogens with zero attached hydrogens (tertiary/aromatic N) is 5. The predicted octanol–water partition coefficient (Wildman–Crippen LogP) is 3.83. The van der Waals surface area contributed by atoms with Crippen LogP contribution in [0.25, 0.3) is 11.0 Å². The Morgan fingerprint density at radius 3 is 2.68 bits per heavy atom. The largest absolute Gasteiger partial charge is 0.343 e. The van der Waals surface area contributed by atoms with E-state index in [2.05, 4.69) is 31.9 Å². The van der Waals surface area contributed by atoms with Crippen molar-refractivity contribution in [3.8, 4) is 6.07 Å². The summed E-state index contributed by atoms with van der Waals surface area (Å²) in [5.74, 6) is 0.594. The van der Waals surface area contributed by atoms with E-state index in [0.717, 1.165) is 35.5 Å². The second-order valence-corrected chi connectivity index (χ2v) is 8.61. The third-order valence-corrected chi connectivity index (χ3v) is 6.78. The van der Waals surface area contributed by atoms with Gasteiger partial charge in [0.25, 0.3) is 5.91 Å². The summed E-state index contributed by atoms with van der Waals surface area (Å²) in [6.45, 7) is 1.26. The molecule has 4 heterocycles. The van der Waals surface area contributed by atoms with Crippen molar-refractivity contribution in [1.29, 1.82) is 5.26 Å². The zero-order valence-corrected chi connectivity index (χ0v) is 18.2. The molecule has 2 aliphatic rings. The van der Waals surface area contributed by atoms with Crippen LogP contribution in [0.2, 0.25) is 0 Å². The standard InChI is InChI=1S/C25H21N7O2/c26-13-18-21(17-7-4-8-20-23(17)31-34-30-20)19-14-27-29-24(19)28-22(18)15-9-11-32(12-10-15)25(33)16-5-2-1-3-6-16/h1-8,14-15,21H,9-12H2,(H2,27,28,29). The van der Waals surface area contributed by atoms with E-state index >= 15 is 0 Å². The molecule has 2 aromatic heterocycles. The first-order chi connectivity index (χ1) is 16.7. The maximum absolute atomic E-state index is 12.9. The molecule has 0 saturated carbocycles. The summed E-state index contributed by atoms with van der Waals surface area (Å²) in [7, 11) is 0. The maximum atomic E-state index is 12.9. The van der Waals surface area contributed by atoms with Crippen LogP contribution in [0, 0.1) is 17.2 Å². The topological polar surface area (TPSA) is 124 Å². The summed E-state index contributed by atoms with van der Waals surface area (Å²) < 4.78 is 4.97. The van der Waals surface area contributed by atoms with Gasteiger partial charge in [-0.3, -0.25) is 9.89 Å². The van der Waals surface area contributed by atoms with Crippen LogP contribution in [0.3, 0.4) is 0 Å².